The second kappa shape index (κ2) is 8.23. The smallest absolute Gasteiger partial charge is 0.259 e. The zero-order valence-electron chi connectivity index (χ0n) is 17.6. The van der Waals surface area contributed by atoms with Gasteiger partial charge in [-0.25, -0.2) is 0 Å². The Morgan fingerprint density at radius 2 is 2.06 bits per heavy atom. The van der Waals surface area contributed by atoms with E-state index in [9.17, 15) is 19.5 Å². The number of aromatic amines is 1. The SMILES string of the molecule is Nc1[nH]cc2cc(NC(=O)[C@H](O)[C@H]3OCCN(c4ccc5c(c4)CNC(=O)C5)C3=O)ccc12. The van der Waals surface area contributed by atoms with Crippen molar-refractivity contribution in [3.63, 3.8) is 0 Å². The predicted molar refractivity (Wildman–Crippen MR) is 121 cm³/mol. The van der Waals surface area contributed by atoms with Gasteiger partial charge in [0.2, 0.25) is 5.91 Å². The molecule has 5 rings (SSSR count). The molecule has 33 heavy (non-hydrogen) atoms. The van der Waals surface area contributed by atoms with Gasteiger partial charge in [-0.1, -0.05) is 6.07 Å². The minimum absolute atomic E-state index is 0.0361. The van der Waals surface area contributed by atoms with E-state index in [4.69, 9.17) is 10.5 Å². The molecule has 1 aromatic heterocycles. The number of morpholine rings is 1. The van der Waals surface area contributed by atoms with Crippen LogP contribution in [-0.2, 0) is 32.1 Å². The molecule has 170 valence electrons. The number of ether oxygens (including phenoxy) is 1. The maximum Gasteiger partial charge on any atom is 0.259 e. The summed E-state index contributed by atoms with van der Waals surface area (Å²) in [6.45, 7) is 0.857. The highest BCUT2D eigenvalue weighted by molar-refractivity contribution is 6.05. The van der Waals surface area contributed by atoms with Crippen LogP contribution in [0.3, 0.4) is 0 Å². The third-order valence-corrected chi connectivity index (χ3v) is 6.00. The van der Waals surface area contributed by atoms with Gasteiger partial charge >= 0.3 is 0 Å². The van der Waals surface area contributed by atoms with Crippen LogP contribution in [0.4, 0.5) is 17.2 Å². The van der Waals surface area contributed by atoms with Gasteiger partial charge in [0.15, 0.2) is 12.2 Å². The number of carbonyl (C=O) groups is 3. The number of hydrogen-bond acceptors (Lipinski definition) is 6. The third-order valence-electron chi connectivity index (χ3n) is 6.00. The van der Waals surface area contributed by atoms with Gasteiger partial charge in [-0.3, -0.25) is 14.4 Å². The predicted octanol–water partition coefficient (Wildman–Crippen LogP) is 0.654. The fourth-order valence-electron chi connectivity index (χ4n) is 4.23. The summed E-state index contributed by atoms with van der Waals surface area (Å²) in [5.41, 5.74) is 8.77. The van der Waals surface area contributed by atoms with Gasteiger partial charge in [0.05, 0.1) is 13.0 Å². The average molecular weight is 449 g/mol. The lowest BCUT2D eigenvalue weighted by molar-refractivity contribution is -0.150. The van der Waals surface area contributed by atoms with Crippen LogP contribution in [-0.4, -0.2) is 53.2 Å². The van der Waals surface area contributed by atoms with Crippen molar-refractivity contribution >= 4 is 45.7 Å². The molecule has 0 unspecified atom stereocenters. The Kier molecular flexibility index (Phi) is 5.23. The topological polar surface area (TPSA) is 150 Å². The minimum Gasteiger partial charge on any atom is -0.385 e. The van der Waals surface area contributed by atoms with E-state index in [1.807, 2.05) is 12.1 Å². The van der Waals surface area contributed by atoms with E-state index in [2.05, 4.69) is 15.6 Å². The number of nitrogens with one attached hydrogen (secondary N) is 3. The summed E-state index contributed by atoms with van der Waals surface area (Å²) in [5.74, 6) is -0.761. The number of aliphatic hydroxyl groups is 1. The number of carbonyl (C=O) groups excluding carboxylic acids is 3. The summed E-state index contributed by atoms with van der Waals surface area (Å²) in [7, 11) is 0. The fraction of sp³-hybridized carbons (Fsp3) is 0.261. The van der Waals surface area contributed by atoms with Crippen molar-refractivity contribution in [3.05, 3.63) is 53.7 Å². The number of nitrogen functional groups attached to an aromatic ring is 1. The molecule has 10 nitrogen and oxygen atoms in total. The number of rotatable bonds is 4. The van der Waals surface area contributed by atoms with E-state index in [0.717, 1.165) is 21.9 Å². The standard InChI is InChI=1S/C23H23N5O5/c24-21-17-4-2-15(7-14(17)11-26-21)27-22(31)19(30)20-23(32)28(5-6-33-20)16-3-1-12-9-18(29)25-10-13(12)8-16/h1-4,7-8,11,19-20,26,30H,5-6,9-10,24H2,(H,25,29)(H,27,31)/t19-,20-/m1/s1. The molecule has 0 bridgehead atoms. The van der Waals surface area contributed by atoms with Gasteiger partial charge in [0, 0.05) is 41.4 Å². The van der Waals surface area contributed by atoms with Crippen LogP contribution in [0.5, 0.6) is 0 Å². The molecule has 2 aliphatic rings. The third kappa shape index (κ3) is 3.90. The van der Waals surface area contributed by atoms with Crippen LogP contribution in [0.2, 0.25) is 0 Å². The van der Waals surface area contributed by atoms with Crippen LogP contribution in [0.25, 0.3) is 10.8 Å². The number of benzene rings is 2. The van der Waals surface area contributed by atoms with Crippen molar-refractivity contribution in [1.82, 2.24) is 10.3 Å². The van der Waals surface area contributed by atoms with E-state index in [-0.39, 0.29) is 12.5 Å². The van der Waals surface area contributed by atoms with Crippen LogP contribution >= 0.6 is 0 Å². The molecule has 2 aromatic carbocycles. The van der Waals surface area contributed by atoms with E-state index < -0.39 is 24.0 Å². The molecule has 6 N–H and O–H groups in total. The van der Waals surface area contributed by atoms with Crippen molar-refractivity contribution < 1.29 is 24.2 Å². The maximum atomic E-state index is 13.1. The highest BCUT2D eigenvalue weighted by Gasteiger charge is 2.39. The van der Waals surface area contributed by atoms with Crippen LogP contribution in [0.15, 0.2) is 42.6 Å². The summed E-state index contributed by atoms with van der Waals surface area (Å²) < 4.78 is 5.48. The largest absolute Gasteiger partial charge is 0.385 e. The quantitative estimate of drug-likeness (QED) is 0.395. The molecule has 3 amide bonds. The Bertz CT molecular complexity index is 1270. The van der Waals surface area contributed by atoms with Crippen molar-refractivity contribution in [2.75, 3.05) is 29.1 Å². The highest BCUT2D eigenvalue weighted by Crippen LogP contribution is 2.26. The summed E-state index contributed by atoms with van der Waals surface area (Å²) in [4.78, 5) is 41.8. The van der Waals surface area contributed by atoms with Gasteiger partial charge in [0.25, 0.3) is 11.8 Å². The highest BCUT2D eigenvalue weighted by atomic mass is 16.5. The fourth-order valence-corrected chi connectivity index (χ4v) is 4.23. The number of anilines is 3. The molecule has 0 radical (unpaired) electrons. The number of aliphatic hydroxyl groups excluding tert-OH is 1. The van der Waals surface area contributed by atoms with Crippen molar-refractivity contribution in [2.45, 2.75) is 25.2 Å². The molecule has 3 aromatic rings. The minimum atomic E-state index is -1.69. The number of fused-ring (bicyclic) bond motifs is 2. The first kappa shape index (κ1) is 21.0. The number of hydrogen-bond donors (Lipinski definition) is 5. The first-order valence-corrected chi connectivity index (χ1v) is 10.6. The molecule has 0 saturated carbocycles. The Hall–Kier alpha value is -3.89. The summed E-state index contributed by atoms with van der Waals surface area (Å²) in [5, 5.41) is 17.7. The van der Waals surface area contributed by atoms with Crippen LogP contribution in [0, 0.1) is 0 Å². The Morgan fingerprint density at radius 1 is 1.21 bits per heavy atom. The lowest BCUT2D eigenvalue weighted by Crippen LogP contribution is -2.55. The van der Waals surface area contributed by atoms with Crippen molar-refractivity contribution in [1.29, 1.82) is 0 Å². The first-order valence-electron chi connectivity index (χ1n) is 10.6. The summed E-state index contributed by atoms with van der Waals surface area (Å²) >= 11 is 0. The molecule has 1 fully saturated rings. The van der Waals surface area contributed by atoms with Crippen molar-refractivity contribution in [2.24, 2.45) is 0 Å². The second-order valence-corrected chi connectivity index (χ2v) is 8.13. The van der Waals surface area contributed by atoms with E-state index in [0.29, 0.717) is 36.7 Å². The van der Waals surface area contributed by atoms with E-state index >= 15 is 0 Å². The first-order chi connectivity index (χ1) is 15.9. The Labute approximate surface area is 188 Å². The Morgan fingerprint density at radius 3 is 2.91 bits per heavy atom. The molecule has 0 spiro atoms. The second-order valence-electron chi connectivity index (χ2n) is 8.13. The van der Waals surface area contributed by atoms with E-state index in [1.54, 1.807) is 30.5 Å². The number of H-pyrrole nitrogens is 1. The molecule has 1 saturated heterocycles. The maximum absolute atomic E-state index is 13.1. The number of nitrogens with two attached hydrogens (primary N) is 1. The van der Waals surface area contributed by atoms with Crippen LogP contribution < -0.4 is 21.3 Å². The lowest BCUT2D eigenvalue weighted by Gasteiger charge is -2.34. The number of amides is 3. The molecule has 2 aliphatic heterocycles. The zero-order chi connectivity index (χ0) is 23.1. The number of nitrogens with zero attached hydrogens (tertiary/aromatic N) is 1. The summed E-state index contributed by atoms with van der Waals surface area (Å²) in [6, 6.07) is 10.6. The zero-order valence-corrected chi connectivity index (χ0v) is 17.6. The van der Waals surface area contributed by atoms with Gasteiger partial charge in [-0.05, 0) is 41.5 Å². The van der Waals surface area contributed by atoms with Gasteiger partial charge in [-0.2, -0.15) is 0 Å². The van der Waals surface area contributed by atoms with E-state index in [1.165, 1.54) is 4.90 Å². The lowest BCUT2D eigenvalue weighted by atomic mass is 9.99. The summed E-state index contributed by atoms with van der Waals surface area (Å²) in [6.07, 6.45) is -1.01. The molecular weight excluding hydrogens is 426 g/mol. The molecule has 0 aliphatic carbocycles. The molecular formula is C23H23N5O5. The number of aromatic nitrogens is 1. The van der Waals surface area contributed by atoms with Gasteiger partial charge in [0.1, 0.15) is 5.82 Å². The normalized spacial score (nSPS) is 19.2. The van der Waals surface area contributed by atoms with Gasteiger partial charge < -0.3 is 36.1 Å². The molecule has 3 heterocycles. The van der Waals surface area contributed by atoms with Crippen LogP contribution in [0.1, 0.15) is 11.1 Å². The Balaban J connectivity index is 1.30. The average Bonchev–Trinajstić information content (AvgIpc) is 3.18. The van der Waals surface area contributed by atoms with Gasteiger partial charge in [-0.15, -0.1) is 0 Å². The monoisotopic (exact) mass is 449 g/mol. The van der Waals surface area contributed by atoms with Crippen molar-refractivity contribution in [3.8, 4) is 0 Å². The molecule has 2 atom stereocenters. The molecule has 10 heteroatoms.